The molecule has 1 aliphatic rings. The average molecular weight is 71.1 g/mol. The molecule has 1 heterocycles. The lowest BCUT2D eigenvalue weighted by Crippen LogP contribution is -2.42. The molecule has 0 bridgehead atoms. The van der Waals surface area contributed by atoms with E-state index in [1.54, 1.807) is 0 Å². The number of hydrogen-bond acceptors (Lipinski definition) is 2. The Bertz CT molecular complexity index is 53.9. The zero-order chi connectivity index (χ0) is 3.70. The molecule has 1 fully saturated rings. The summed E-state index contributed by atoms with van der Waals surface area (Å²) in [5, 5.41) is 2.81. The van der Waals surface area contributed by atoms with E-state index in [0.717, 1.165) is 0 Å². The molecule has 0 saturated carbocycles. The summed E-state index contributed by atoms with van der Waals surface area (Å²) in [4.78, 5) is 9.84. The average Bonchev–Trinajstić information content (AvgIpc) is 1.30. The van der Waals surface area contributed by atoms with Gasteiger partial charge >= 0.3 is 0 Å². The van der Waals surface area contributed by atoms with Gasteiger partial charge in [-0.3, -0.25) is 4.79 Å². The highest BCUT2D eigenvalue weighted by Gasteiger charge is 2.07. The second kappa shape index (κ2) is 0.792. The molecule has 0 aromatic heterocycles. The summed E-state index contributed by atoms with van der Waals surface area (Å²) in [6.45, 7) is 1.19. The molecule has 0 amide bonds. The molecule has 1 saturated heterocycles. The molecular weight excluding hydrogens is 66.0 g/mol. The lowest BCUT2D eigenvalue weighted by molar-refractivity contribution is -0.121. The van der Waals surface area contributed by atoms with E-state index < -0.39 is 0 Å². The molecule has 5 heavy (non-hydrogen) atoms. The minimum absolute atomic E-state index is 0.324. The molecule has 0 unspecified atom stereocenters. The minimum atomic E-state index is 0.324. The van der Waals surface area contributed by atoms with Crippen molar-refractivity contribution in [1.82, 2.24) is 5.32 Å². The quantitative estimate of drug-likeness (QED) is 0.403. The van der Waals surface area contributed by atoms with Gasteiger partial charge in [-0.15, -0.1) is 0 Å². The molecule has 0 aromatic rings. The lowest BCUT2D eigenvalue weighted by atomic mass is 10.3. The van der Waals surface area contributed by atoms with E-state index in [4.69, 9.17) is 0 Å². The van der Waals surface area contributed by atoms with Crippen molar-refractivity contribution in [3.63, 3.8) is 0 Å². The van der Waals surface area contributed by atoms with Gasteiger partial charge in [0.05, 0.1) is 13.1 Å². The maximum absolute atomic E-state index is 9.84. The van der Waals surface area contributed by atoms with Crippen molar-refractivity contribution in [1.29, 1.82) is 0 Å². The maximum atomic E-state index is 9.84. The molecular formula is C3H5NO. The first-order valence-corrected chi connectivity index (χ1v) is 1.62. The molecule has 1 N–H and O–H groups in total. The van der Waals surface area contributed by atoms with Crippen LogP contribution in [-0.2, 0) is 4.79 Å². The Kier molecular flexibility index (Phi) is 0.451. The molecule has 0 spiro atoms. The van der Waals surface area contributed by atoms with Crippen LogP contribution in [0.2, 0.25) is 0 Å². The van der Waals surface area contributed by atoms with Gasteiger partial charge in [-0.05, 0) is 0 Å². The third kappa shape index (κ3) is 0.304. The van der Waals surface area contributed by atoms with Crippen LogP contribution in [0.15, 0.2) is 0 Å². The van der Waals surface area contributed by atoms with E-state index >= 15 is 0 Å². The maximum Gasteiger partial charge on any atom is 0.160 e. The second-order valence-electron chi connectivity index (χ2n) is 1.14. The molecule has 0 aromatic carbocycles. The van der Waals surface area contributed by atoms with E-state index in [-0.39, 0.29) is 0 Å². The Balaban J connectivity index is 2.32. The monoisotopic (exact) mass is 71.0 g/mol. The van der Waals surface area contributed by atoms with Crippen LogP contribution in [0.3, 0.4) is 0 Å². The van der Waals surface area contributed by atoms with E-state index in [9.17, 15) is 4.79 Å². The third-order valence-electron chi connectivity index (χ3n) is 0.644. The van der Waals surface area contributed by atoms with Crippen molar-refractivity contribution in [2.45, 2.75) is 0 Å². The largest absolute Gasteiger partial charge is 0.303 e. The van der Waals surface area contributed by atoms with Crippen molar-refractivity contribution < 1.29 is 4.79 Å². The van der Waals surface area contributed by atoms with E-state index in [1.807, 2.05) is 0 Å². The lowest BCUT2D eigenvalue weighted by Gasteiger charge is -2.08. The van der Waals surface area contributed by atoms with Crippen molar-refractivity contribution in [2.24, 2.45) is 0 Å². The van der Waals surface area contributed by atoms with Gasteiger partial charge < -0.3 is 5.32 Å². The van der Waals surface area contributed by atoms with Crippen molar-refractivity contribution in [3.05, 3.63) is 0 Å². The predicted octanol–water partition coefficient (Wildman–Crippen LogP) is -0.841. The number of nitrogens with one attached hydrogen (secondary N) is 1. The minimum Gasteiger partial charge on any atom is -0.303 e. The van der Waals surface area contributed by atoms with Crippen molar-refractivity contribution in [3.8, 4) is 0 Å². The Morgan fingerprint density at radius 3 is 2.00 bits per heavy atom. The first kappa shape index (κ1) is 2.85. The predicted molar refractivity (Wildman–Crippen MR) is 17.9 cm³/mol. The number of carbonyl (C=O) groups excluding carboxylic acids is 1. The number of hydrogen-bond donors (Lipinski definition) is 1. The van der Waals surface area contributed by atoms with Crippen LogP contribution < -0.4 is 5.32 Å². The van der Waals surface area contributed by atoms with E-state index in [2.05, 4.69) is 5.32 Å². The first-order valence-electron chi connectivity index (χ1n) is 1.62. The summed E-state index contributed by atoms with van der Waals surface area (Å²) in [6.07, 6.45) is 0. The number of ketones is 1. The Morgan fingerprint density at radius 1 is 1.60 bits per heavy atom. The fraction of sp³-hybridized carbons (Fsp3) is 0.667. The van der Waals surface area contributed by atoms with Gasteiger partial charge in [0.15, 0.2) is 5.78 Å². The van der Waals surface area contributed by atoms with Gasteiger partial charge in [0.2, 0.25) is 0 Å². The first-order chi connectivity index (χ1) is 2.39. The number of carbonyl (C=O) groups is 1. The fourth-order valence-corrected chi connectivity index (χ4v) is 0.227. The van der Waals surface area contributed by atoms with Crippen LogP contribution in [0.25, 0.3) is 0 Å². The fourth-order valence-electron chi connectivity index (χ4n) is 0.227. The van der Waals surface area contributed by atoms with Crippen LogP contribution in [0.4, 0.5) is 0 Å². The molecule has 28 valence electrons. The van der Waals surface area contributed by atoms with Gasteiger partial charge in [-0.1, -0.05) is 0 Å². The summed E-state index contributed by atoms with van der Waals surface area (Å²) < 4.78 is 0. The van der Waals surface area contributed by atoms with Gasteiger partial charge in [0.25, 0.3) is 0 Å². The zero-order valence-electron chi connectivity index (χ0n) is 2.82. The third-order valence-corrected chi connectivity index (χ3v) is 0.644. The van der Waals surface area contributed by atoms with Gasteiger partial charge in [0.1, 0.15) is 0 Å². The van der Waals surface area contributed by atoms with Crippen LogP contribution in [-0.4, -0.2) is 18.9 Å². The summed E-state index contributed by atoms with van der Waals surface area (Å²) in [7, 11) is 0. The highest BCUT2D eigenvalue weighted by Crippen LogP contribution is 1.75. The standard InChI is InChI=1S/C3H5NO/c5-3-1-4-2-3/h4H,1-2H2. The van der Waals surface area contributed by atoms with Gasteiger partial charge in [-0.2, -0.15) is 0 Å². The molecule has 0 atom stereocenters. The van der Waals surface area contributed by atoms with Crippen LogP contribution in [0.5, 0.6) is 0 Å². The summed E-state index contributed by atoms with van der Waals surface area (Å²) in [5.74, 6) is 0.324. The molecule has 1 aliphatic heterocycles. The van der Waals surface area contributed by atoms with Crippen LogP contribution in [0.1, 0.15) is 0 Å². The summed E-state index contributed by atoms with van der Waals surface area (Å²) >= 11 is 0. The van der Waals surface area contributed by atoms with Gasteiger partial charge in [0, 0.05) is 0 Å². The molecule has 2 heteroatoms. The van der Waals surface area contributed by atoms with Gasteiger partial charge in [-0.25, -0.2) is 0 Å². The van der Waals surface area contributed by atoms with Crippen LogP contribution >= 0.6 is 0 Å². The highest BCUT2D eigenvalue weighted by atomic mass is 16.1. The normalized spacial score (nSPS) is 22.0. The summed E-state index contributed by atoms with van der Waals surface area (Å²) in [6, 6.07) is 0. The van der Waals surface area contributed by atoms with Crippen LogP contribution in [0, 0.1) is 0 Å². The highest BCUT2D eigenvalue weighted by molar-refractivity contribution is 5.87. The number of Topliss-reactive ketones (excluding diaryl/α,β-unsaturated/α-hetero) is 1. The summed E-state index contributed by atoms with van der Waals surface area (Å²) in [5.41, 5.74) is 0. The Morgan fingerprint density at radius 2 is 2.00 bits per heavy atom. The van der Waals surface area contributed by atoms with E-state index in [0.29, 0.717) is 18.9 Å². The molecule has 0 aliphatic carbocycles. The molecule has 2 nitrogen and oxygen atoms in total. The Labute approximate surface area is 30.2 Å². The Hall–Kier alpha value is -0.370. The second-order valence-corrected chi connectivity index (χ2v) is 1.14. The molecule has 1 rings (SSSR count). The SMILES string of the molecule is O=C1CNC1. The smallest absolute Gasteiger partial charge is 0.160 e. The van der Waals surface area contributed by atoms with Crippen molar-refractivity contribution >= 4 is 5.78 Å². The van der Waals surface area contributed by atoms with Crippen molar-refractivity contribution in [2.75, 3.05) is 13.1 Å². The zero-order valence-corrected chi connectivity index (χ0v) is 2.82. The van der Waals surface area contributed by atoms with E-state index in [1.165, 1.54) is 0 Å². The molecule has 0 radical (unpaired) electrons. The number of rotatable bonds is 0. The topological polar surface area (TPSA) is 29.1 Å².